The Bertz CT molecular complexity index is 191. The summed E-state index contributed by atoms with van der Waals surface area (Å²) in [6, 6.07) is 0.411. The fraction of sp³-hybridized carbons (Fsp3) is 0.917. The van der Waals surface area contributed by atoms with Crippen LogP contribution in [-0.4, -0.2) is 35.2 Å². The first kappa shape index (κ1) is 13.8. The van der Waals surface area contributed by atoms with Gasteiger partial charge in [0.1, 0.15) is 0 Å². The summed E-state index contributed by atoms with van der Waals surface area (Å²) in [5.74, 6) is 1.57. The molecule has 0 unspecified atom stereocenters. The molecular weight excluding hydrogens is 222 g/mol. The normalized spacial score (nSPS) is 18.1. The zero-order valence-corrected chi connectivity index (χ0v) is 10.7. The minimum absolute atomic E-state index is 0.162. The summed E-state index contributed by atoms with van der Waals surface area (Å²) >= 11 is 1.61. The lowest BCUT2D eigenvalue weighted by Gasteiger charge is -2.15. The molecule has 94 valence electrons. The van der Waals surface area contributed by atoms with Crippen LogP contribution >= 0.6 is 11.8 Å². The van der Waals surface area contributed by atoms with E-state index in [2.05, 4.69) is 5.32 Å². The number of hydrogen-bond donors (Lipinski definition) is 2. The van der Waals surface area contributed by atoms with E-state index in [9.17, 15) is 4.79 Å². The highest BCUT2D eigenvalue weighted by molar-refractivity contribution is 7.99. The highest BCUT2D eigenvalue weighted by atomic mass is 32.2. The van der Waals surface area contributed by atoms with Crippen LogP contribution in [0.15, 0.2) is 0 Å². The van der Waals surface area contributed by atoms with Gasteiger partial charge >= 0.3 is 0 Å². The fourth-order valence-electron chi connectivity index (χ4n) is 2.02. The number of hydrogen-bond acceptors (Lipinski definition) is 3. The number of aliphatic hydroxyl groups excluding tert-OH is 1. The van der Waals surface area contributed by atoms with Crippen molar-refractivity contribution in [2.75, 3.05) is 18.1 Å². The second kappa shape index (κ2) is 8.88. The Morgan fingerprint density at radius 1 is 1.25 bits per heavy atom. The quantitative estimate of drug-likeness (QED) is 0.555. The summed E-state index contributed by atoms with van der Waals surface area (Å²) in [5.41, 5.74) is 0. The monoisotopic (exact) mass is 245 g/mol. The number of carbonyl (C=O) groups is 1. The van der Waals surface area contributed by atoms with Crippen molar-refractivity contribution in [3.63, 3.8) is 0 Å². The van der Waals surface area contributed by atoms with Crippen molar-refractivity contribution >= 4 is 17.7 Å². The van der Waals surface area contributed by atoms with E-state index in [1.165, 1.54) is 25.7 Å². The molecule has 0 aromatic carbocycles. The average Bonchev–Trinajstić information content (AvgIpc) is 2.53. The molecule has 0 aromatic heterocycles. The highest BCUT2D eigenvalue weighted by Gasteiger charge is 2.14. The molecule has 0 bridgehead atoms. The molecule has 1 amide bonds. The Balaban J connectivity index is 2.07. The molecule has 0 spiro atoms. The zero-order valence-electron chi connectivity index (χ0n) is 9.91. The fourth-order valence-corrected chi connectivity index (χ4v) is 2.77. The topological polar surface area (TPSA) is 49.3 Å². The Kier molecular flexibility index (Phi) is 7.68. The van der Waals surface area contributed by atoms with Gasteiger partial charge in [-0.2, -0.15) is 11.8 Å². The SMILES string of the molecule is O=C(CSCCCO)NC1CCCCCC1. The van der Waals surface area contributed by atoms with E-state index >= 15 is 0 Å². The molecule has 2 N–H and O–H groups in total. The van der Waals surface area contributed by atoms with Crippen molar-refractivity contribution in [2.24, 2.45) is 0 Å². The summed E-state index contributed by atoms with van der Waals surface area (Å²) in [4.78, 5) is 11.6. The van der Waals surface area contributed by atoms with Gasteiger partial charge in [0.15, 0.2) is 0 Å². The molecule has 1 fully saturated rings. The van der Waals surface area contributed by atoms with Gasteiger partial charge in [-0.1, -0.05) is 25.7 Å². The first-order valence-electron chi connectivity index (χ1n) is 6.31. The maximum atomic E-state index is 11.6. The summed E-state index contributed by atoms with van der Waals surface area (Å²) in [6.07, 6.45) is 8.21. The Morgan fingerprint density at radius 3 is 2.56 bits per heavy atom. The molecular formula is C12H23NO2S. The van der Waals surface area contributed by atoms with Crippen LogP contribution in [0.2, 0.25) is 0 Å². The molecule has 0 radical (unpaired) electrons. The minimum Gasteiger partial charge on any atom is -0.396 e. The van der Waals surface area contributed by atoms with E-state index in [0.29, 0.717) is 11.8 Å². The van der Waals surface area contributed by atoms with E-state index in [1.807, 2.05) is 0 Å². The third kappa shape index (κ3) is 6.38. The van der Waals surface area contributed by atoms with Crippen molar-refractivity contribution in [3.8, 4) is 0 Å². The van der Waals surface area contributed by atoms with Crippen LogP contribution in [0, 0.1) is 0 Å². The number of carbonyl (C=O) groups excluding carboxylic acids is 1. The van der Waals surface area contributed by atoms with Gasteiger partial charge in [-0.05, 0) is 25.0 Å². The number of thioether (sulfide) groups is 1. The van der Waals surface area contributed by atoms with Gasteiger partial charge in [0.2, 0.25) is 5.91 Å². The predicted molar refractivity (Wildman–Crippen MR) is 68.7 cm³/mol. The molecule has 0 aliphatic heterocycles. The molecule has 1 saturated carbocycles. The number of nitrogens with one attached hydrogen (secondary N) is 1. The van der Waals surface area contributed by atoms with Crippen LogP contribution < -0.4 is 5.32 Å². The van der Waals surface area contributed by atoms with Gasteiger partial charge in [0, 0.05) is 12.6 Å². The van der Waals surface area contributed by atoms with E-state index in [0.717, 1.165) is 25.0 Å². The van der Waals surface area contributed by atoms with Crippen LogP contribution in [0.5, 0.6) is 0 Å². The average molecular weight is 245 g/mol. The van der Waals surface area contributed by atoms with Gasteiger partial charge < -0.3 is 10.4 Å². The summed E-state index contributed by atoms with van der Waals surface area (Å²) in [5, 5.41) is 11.7. The Labute approximate surface area is 102 Å². The van der Waals surface area contributed by atoms with Crippen molar-refractivity contribution in [2.45, 2.75) is 51.0 Å². The molecule has 0 atom stereocenters. The largest absolute Gasteiger partial charge is 0.396 e. The number of rotatable bonds is 6. The predicted octanol–water partition coefficient (Wildman–Crippen LogP) is 1.94. The minimum atomic E-state index is 0.162. The third-order valence-electron chi connectivity index (χ3n) is 2.90. The molecule has 0 heterocycles. The van der Waals surface area contributed by atoms with Gasteiger partial charge in [-0.3, -0.25) is 4.79 Å². The first-order valence-corrected chi connectivity index (χ1v) is 7.46. The third-order valence-corrected chi connectivity index (χ3v) is 3.94. The highest BCUT2D eigenvalue weighted by Crippen LogP contribution is 2.17. The van der Waals surface area contributed by atoms with E-state index in [4.69, 9.17) is 5.11 Å². The van der Waals surface area contributed by atoms with E-state index in [1.54, 1.807) is 11.8 Å². The van der Waals surface area contributed by atoms with Crippen LogP contribution in [-0.2, 0) is 4.79 Å². The molecule has 3 nitrogen and oxygen atoms in total. The van der Waals surface area contributed by atoms with Gasteiger partial charge in [-0.15, -0.1) is 0 Å². The van der Waals surface area contributed by atoms with Crippen LogP contribution in [0.3, 0.4) is 0 Å². The molecule has 0 aromatic rings. The maximum absolute atomic E-state index is 11.6. The lowest BCUT2D eigenvalue weighted by molar-refractivity contribution is -0.119. The second-order valence-electron chi connectivity index (χ2n) is 4.39. The van der Waals surface area contributed by atoms with Crippen molar-refractivity contribution in [1.82, 2.24) is 5.32 Å². The lowest BCUT2D eigenvalue weighted by atomic mass is 10.1. The maximum Gasteiger partial charge on any atom is 0.230 e. The first-order chi connectivity index (χ1) is 7.83. The number of aliphatic hydroxyl groups is 1. The molecule has 1 aliphatic rings. The van der Waals surface area contributed by atoms with E-state index in [-0.39, 0.29) is 12.5 Å². The van der Waals surface area contributed by atoms with Gasteiger partial charge in [-0.25, -0.2) is 0 Å². The lowest BCUT2D eigenvalue weighted by Crippen LogP contribution is -2.35. The summed E-state index contributed by atoms with van der Waals surface area (Å²) in [6.45, 7) is 0.219. The van der Waals surface area contributed by atoms with Gasteiger partial charge in [0.25, 0.3) is 0 Å². The molecule has 16 heavy (non-hydrogen) atoms. The van der Waals surface area contributed by atoms with Crippen molar-refractivity contribution in [3.05, 3.63) is 0 Å². The molecule has 0 saturated heterocycles. The summed E-state index contributed by atoms with van der Waals surface area (Å²) in [7, 11) is 0. The smallest absolute Gasteiger partial charge is 0.230 e. The Hall–Kier alpha value is -0.220. The second-order valence-corrected chi connectivity index (χ2v) is 5.49. The number of amides is 1. The van der Waals surface area contributed by atoms with Crippen molar-refractivity contribution in [1.29, 1.82) is 0 Å². The molecule has 1 rings (SSSR count). The standard InChI is InChI=1S/C12H23NO2S/c14-8-5-9-16-10-12(15)13-11-6-3-1-2-4-7-11/h11,14H,1-10H2,(H,13,15). The summed E-state index contributed by atoms with van der Waals surface area (Å²) < 4.78 is 0. The zero-order chi connectivity index (χ0) is 11.6. The van der Waals surface area contributed by atoms with Crippen LogP contribution in [0.25, 0.3) is 0 Å². The Morgan fingerprint density at radius 2 is 1.94 bits per heavy atom. The van der Waals surface area contributed by atoms with Crippen molar-refractivity contribution < 1.29 is 9.90 Å². The molecule has 4 heteroatoms. The van der Waals surface area contributed by atoms with Crippen LogP contribution in [0.4, 0.5) is 0 Å². The van der Waals surface area contributed by atoms with E-state index < -0.39 is 0 Å². The molecule has 1 aliphatic carbocycles. The van der Waals surface area contributed by atoms with Gasteiger partial charge in [0.05, 0.1) is 5.75 Å². The van der Waals surface area contributed by atoms with Crippen LogP contribution in [0.1, 0.15) is 44.9 Å².